The fourth-order valence-corrected chi connectivity index (χ4v) is 5.77. The topological polar surface area (TPSA) is 73.8 Å². The van der Waals surface area contributed by atoms with E-state index in [4.69, 9.17) is 12.2 Å². The predicted molar refractivity (Wildman–Crippen MR) is 123 cm³/mol. The third-order valence-electron chi connectivity index (χ3n) is 3.91. The Bertz CT molecular complexity index is 805. The van der Waals surface area contributed by atoms with Crippen molar-refractivity contribution in [3.63, 3.8) is 0 Å². The van der Waals surface area contributed by atoms with Crippen molar-refractivity contribution in [2.24, 2.45) is 11.0 Å². The number of thioether (sulfide) groups is 2. The number of hydrazone groups is 1. The van der Waals surface area contributed by atoms with Gasteiger partial charge in [0.1, 0.15) is 4.32 Å². The Morgan fingerprint density at radius 1 is 1.50 bits per heavy atom. The zero-order valence-electron chi connectivity index (χ0n) is 15.6. The van der Waals surface area contributed by atoms with E-state index in [0.29, 0.717) is 34.5 Å². The van der Waals surface area contributed by atoms with E-state index in [0.717, 1.165) is 16.3 Å². The van der Waals surface area contributed by atoms with Gasteiger partial charge in [0.15, 0.2) is 5.50 Å². The molecule has 0 aromatic carbocycles. The highest BCUT2D eigenvalue weighted by Crippen LogP contribution is 2.33. The highest BCUT2D eigenvalue weighted by Gasteiger charge is 2.31. The van der Waals surface area contributed by atoms with Crippen LogP contribution >= 0.6 is 47.1 Å². The van der Waals surface area contributed by atoms with E-state index in [1.54, 1.807) is 28.0 Å². The molecule has 1 atom stereocenters. The van der Waals surface area contributed by atoms with Crippen molar-refractivity contribution >= 4 is 74.3 Å². The highest BCUT2D eigenvalue weighted by atomic mass is 32.2. The highest BCUT2D eigenvalue weighted by molar-refractivity contribution is 8.26. The molecule has 6 nitrogen and oxygen atoms in total. The molecule has 2 N–H and O–H groups in total. The minimum Gasteiger partial charge on any atom is -0.326 e. The van der Waals surface area contributed by atoms with Crippen molar-refractivity contribution < 1.29 is 9.59 Å². The number of hydrogen-bond donors (Lipinski definition) is 2. The van der Waals surface area contributed by atoms with E-state index in [-0.39, 0.29) is 17.3 Å². The minimum atomic E-state index is -0.216. The first-order valence-electron chi connectivity index (χ1n) is 8.99. The molecular weight excluding hydrogens is 432 g/mol. The Balaban J connectivity index is 1.41. The molecule has 1 aromatic heterocycles. The van der Waals surface area contributed by atoms with Crippen molar-refractivity contribution in [3.8, 4) is 0 Å². The van der Waals surface area contributed by atoms with Crippen molar-refractivity contribution in [2.45, 2.75) is 38.6 Å². The first-order valence-corrected chi connectivity index (χ1v) is 12.0. The van der Waals surface area contributed by atoms with Crippen LogP contribution in [0.5, 0.6) is 0 Å². The Kier molecular flexibility index (Phi) is 7.55. The SMILES string of the molecule is CC(C)CC1=NNC(NC(=O)CCCN2C(=O)/C(=C/c3cccs3)SC2=S)S1. The monoisotopic (exact) mass is 454 g/mol. The Morgan fingerprint density at radius 3 is 3.04 bits per heavy atom. The molecule has 0 bridgehead atoms. The Hall–Kier alpha value is -1.36. The number of amides is 2. The molecule has 10 heteroatoms. The fourth-order valence-electron chi connectivity index (χ4n) is 2.64. The molecule has 2 aliphatic rings. The number of rotatable bonds is 8. The van der Waals surface area contributed by atoms with Crippen LogP contribution in [0, 0.1) is 5.92 Å². The summed E-state index contributed by atoms with van der Waals surface area (Å²) in [6.07, 6.45) is 3.66. The summed E-state index contributed by atoms with van der Waals surface area (Å²) in [6, 6.07) is 3.91. The second-order valence-corrected chi connectivity index (χ2v) is 10.6. The van der Waals surface area contributed by atoms with E-state index >= 15 is 0 Å². The molecule has 1 aromatic rings. The van der Waals surface area contributed by atoms with Crippen LogP contribution < -0.4 is 10.7 Å². The van der Waals surface area contributed by atoms with Gasteiger partial charge in [-0.1, -0.05) is 55.7 Å². The average Bonchev–Trinajstić information content (AvgIpc) is 3.33. The van der Waals surface area contributed by atoms with Crippen LogP contribution in [0.25, 0.3) is 6.08 Å². The molecule has 0 spiro atoms. The number of hydrogen-bond acceptors (Lipinski definition) is 8. The van der Waals surface area contributed by atoms with Crippen LogP contribution in [0.2, 0.25) is 0 Å². The van der Waals surface area contributed by atoms with Gasteiger partial charge >= 0.3 is 0 Å². The maximum atomic E-state index is 12.5. The molecule has 2 amide bonds. The molecule has 3 rings (SSSR count). The largest absolute Gasteiger partial charge is 0.326 e. The van der Waals surface area contributed by atoms with E-state index in [1.165, 1.54) is 11.8 Å². The quantitative estimate of drug-likeness (QED) is 0.459. The van der Waals surface area contributed by atoms with Crippen LogP contribution in [0.15, 0.2) is 27.5 Å². The van der Waals surface area contributed by atoms with Gasteiger partial charge in [0, 0.05) is 24.3 Å². The summed E-state index contributed by atoms with van der Waals surface area (Å²) < 4.78 is 0.549. The molecular formula is C18H22N4O2S4. The van der Waals surface area contributed by atoms with Crippen molar-refractivity contribution in [3.05, 3.63) is 27.3 Å². The number of thiocarbonyl (C=S) groups is 1. The minimum absolute atomic E-state index is 0.0643. The van der Waals surface area contributed by atoms with Crippen LogP contribution in [-0.4, -0.2) is 38.1 Å². The normalized spacial score (nSPS) is 20.8. The number of thiophene rings is 1. The summed E-state index contributed by atoms with van der Waals surface area (Å²) >= 11 is 9.77. The van der Waals surface area contributed by atoms with Gasteiger partial charge in [-0.25, -0.2) is 0 Å². The first kappa shape index (κ1) is 21.4. The lowest BCUT2D eigenvalue weighted by atomic mass is 10.1. The van der Waals surface area contributed by atoms with Crippen molar-refractivity contribution in [1.82, 2.24) is 15.6 Å². The Labute approximate surface area is 182 Å². The number of nitrogens with one attached hydrogen (secondary N) is 2. The van der Waals surface area contributed by atoms with Gasteiger partial charge in [-0.15, -0.1) is 11.3 Å². The third kappa shape index (κ3) is 5.82. The van der Waals surface area contributed by atoms with E-state index in [1.807, 2.05) is 23.6 Å². The zero-order valence-corrected chi connectivity index (χ0v) is 18.9. The van der Waals surface area contributed by atoms with Gasteiger partial charge < -0.3 is 5.32 Å². The molecule has 1 saturated heterocycles. The lowest BCUT2D eigenvalue weighted by Crippen LogP contribution is -2.39. The second-order valence-electron chi connectivity index (χ2n) is 6.75. The first-order chi connectivity index (χ1) is 13.4. The van der Waals surface area contributed by atoms with Crippen LogP contribution in [0.4, 0.5) is 0 Å². The smallest absolute Gasteiger partial charge is 0.266 e. The van der Waals surface area contributed by atoms with Crippen molar-refractivity contribution in [2.75, 3.05) is 6.54 Å². The molecule has 150 valence electrons. The third-order valence-corrected chi connectivity index (χ3v) is 7.10. The molecule has 3 heterocycles. The lowest BCUT2D eigenvalue weighted by molar-refractivity contribution is -0.124. The summed E-state index contributed by atoms with van der Waals surface area (Å²) in [6.45, 7) is 4.72. The summed E-state index contributed by atoms with van der Waals surface area (Å²) in [4.78, 5) is 28.0. The zero-order chi connectivity index (χ0) is 20.1. The molecule has 0 radical (unpaired) electrons. The molecule has 0 saturated carbocycles. The standard InChI is InChI=1S/C18H22N4O2S4/c1-11(2)9-15-20-21-17(28-15)19-14(23)6-3-7-22-16(24)13(27-18(22)25)10-12-5-4-8-26-12/h4-5,8,10-11,17,21H,3,6-7,9H2,1-2H3,(H,19,23)/b13-10-. The van der Waals surface area contributed by atoms with E-state index in [9.17, 15) is 9.59 Å². The maximum Gasteiger partial charge on any atom is 0.266 e. The van der Waals surface area contributed by atoms with Gasteiger partial charge in [0.2, 0.25) is 5.91 Å². The van der Waals surface area contributed by atoms with E-state index in [2.05, 4.69) is 29.7 Å². The molecule has 1 fully saturated rings. The molecule has 28 heavy (non-hydrogen) atoms. The van der Waals surface area contributed by atoms with Gasteiger partial charge in [0.25, 0.3) is 5.91 Å². The van der Waals surface area contributed by atoms with Gasteiger partial charge in [-0.05, 0) is 29.9 Å². The van der Waals surface area contributed by atoms with Gasteiger partial charge in [0.05, 0.1) is 9.95 Å². The molecule has 1 unspecified atom stereocenters. The van der Waals surface area contributed by atoms with Gasteiger partial charge in [-0.3, -0.25) is 19.9 Å². The molecule has 0 aliphatic carbocycles. The lowest BCUT2D eigenvalue weighted by Gasteiger charge is -2.15. The summed E-state index contributed by atoms with van der Waals surface area (Å²) in [5.74, 6) is 0.384. The van der Waals surface area contributed by atoms with Gasteiger partial charge in [-0.2, -0.15) is 5.10 Å². The maximum absolute atomic E-state index is 12.5. The Morgan fingerprint density at radius 2 is 2.32 bits per heavy atom. The van der Waals surface area contributed by atoms with E-state index < -0.39 is 0 Å². The fraction of sp³-hybridized carbons (Fsp3) is 0.444. The number of carbonyl (C=O) groups excluding carboxylic acids is 2. The van der Waals surface area contributed by atoms with Crippen molar-refractivity contribution in [1.29, 1.82) is 0 Å². The number of nitrogens with zero attached hydrogens (tertiary/aromatic N) is 2. The van der Waals surface area contributed by atoms with Crippen LogP contribution in [0.1, 0.15) is 38.0 Å². The summed E-state index contributed by atoms with van der Waals surface area (Å²) in [5.41, 5.74) is 2.72. The second kappa shape index (κ2) is 9.91. The predicted octanol–water partition coefficient (Wildman–Crippen LogP) is 3.83. The summed E-state index contributed by atoms with van der Waals surface area (Å²) in [5, 5.41) is 10.1. The summed E-state index contributed by atoms with van der Waals surface area (Å²) in [7, 11) is 0. The molecule has 2 aliphatic heterocycles. The van der Waals surface area contributed by atoms with Crippen LogP contribution in [-0.2, 0) is 9.59 Å². The van der Waals surface area contributed by atoms with Crippen LogP contribution in [0.3, 0.4) is 0 Å². The number of carbonyl (C=O) groups is 2. The average molecular weight is 455 g/mol.